The minimum Gasteiger partial charge on any atom is -0.397 e. The summed E-state index contributed by atoms with van der Waals surface area (Å²) in [6, 6.07) is 12.3. The van der Waals surface area contributed by atoms with E-state index in [-0.39, 0.29) is 11.5 Å². The van der Waals surface area contributed by atoms with Gasteiger partial charge in [0.05, 0.1) is 5.69 Å². The Morgan fingerprint density at radius 2 is 1.90 bits per heavy atom. The first-order valence-electron chi connectivity index (χ1n) is 6.06. The molecule has 20 heavy (non-hydrogen) atoms. The molecule has 0 saturated carbocycles. The molecule has 2 N–H and O–H groups in total. The van der Waals surface area contributed by atoms with Crippen LogP contribution >= 0.6 is 0 Å². The summed E-state index contributed by atoms with van der Waals surface area (Å²) in [5, 5.41) is 12.2. The van der Waals surface area contributed by atoms with Gasteiger partial charge in [0.1, 0.15) is 11.5 Å². The predicted molar refractivity (Wildman–Crippen MR) is 73.7 cm³/mol. The maximum atomic E-state index is 13.4. The molecule has 0 aliphatic heterocycles. The van der Waals surface area contributed by atoms with Crippen LogP contribution in [0.5, 0.6) is 0 Å². The Morgan fingerprint density at radius 1 is 1.15 bits per heavy atom. The molecule has 3 aromatic rings. The summed E-state index contributed by atoms with van der Waals surface area (Å²) in [7, 11) is 0. The molecule has 0 atom stereocenters. The third-order valence-corrected chi connectivity index (χ3v) is 2.97. The second-order valence-corrected chi connectivity index (χ2v) is 4.43. The van der Waals surface area contributed by atoms with Gasteiger partial charge in [-0.1, -0.05) is 30.3 Å². The molecule has 5 nitrogen and oxygen atoms in total. The largest absolute Gasteiger partial charge is 0.397 e. The maximum Gasteiger partial charge on any atom is 0.205 e. The standard InChI is InChI=1S/C14H12FN5/c1-9-7-13(12(16)8-11(9)15)20-18-14(17-19-20)10-5-3-2-4-6-10/h2-8H,16H2,1H3. The van der Waals surface area contributed by atoms with Gasteiger partial charge in [0.2, 0.25) is 5.82 Å². The van der Waals surface area contributed by atoms with E-state index in [1.54, 1.807) is 13.0 Å². The van der Waals surface area contributed by atoms with Crippen molar-refractivity contribution in [3.05, 3.63) is 53.8 Å². The molecule has 0 radical (unpaired) electrons. The van der Waals surface area contributed by atoms with Crippen LogP contribution in [-0.2, 0) is 0 Å². The number of nitrogen functional groups attached to an aromatic ring is 1. The Balaban J connectivity index is 2.05. The predicted octanol–water partition coefficient (Wildman–Crippen LogP) is 2.36. The lowest BCUT2D eigenvalue weighted by Crippen LogP contribution is -2.05. The van der Waals surface area contributed by atoms with E-state index in [1.807, 2.05) is 30.3 Å². The van der Waals surface area contributed by atoms with E-state index in [4.69, 9.17) is 5.73 Å². The minimum absolute atomic E-state index is 0.269. The van der Waals surface area contributed by atoms with E-state index < -0.39 is 0 Å². The zero-order valence-corrected chi connectivity index (χ0v) is 10.8. The number of tetrazole rings is 1. The molecular weight excluding hydrogens is 257 g/mol. The number of rotatable bonds is 2. The summed E-state index contributed by atoms with van der Waals surface area (Å²) in [6.45, 7) is 1.66. The third kappa shape index (κ3) is 2.11. The number of halogens is 1. The van der Waals surface area contributed by atoms with Gasteiger partial charge >= 0.3 is 0 Å². The van der Waals surface area contributed by atoms with E-state index >= 15 is 0 Å². The molecular formula is C14H12FN5. The second kappa shape index (κ2) is 4.73. The van der Waals surface area contributed by atoms with Gasteiger partial charge in [0, 0.05) is 5.56 Å². The first-order chi connectivity index (χ1) is 9.65. The molecule has 0 spiro atoms. The zero-order chi connectivity index (χ0) is 14.1. The SMILES string of the molecule is Cc1cc(-n2nnc(-c3ccccc3)n2)c(N)cc1F. The number of hydrogen-bond acceptors (Lipinski definition) is 4. The highest BCUT2D eigenvalue weighted by atomic mass is 19.1. The van der Waals surface area contributed by atoms with Gasteiger partial charge in [0.15, 0.2) is 0 Å². The molecule has 6 heteroatoms. The highest BCUT2D eigenvalue weighted by Gasteiger charge is 2.11. The highest BCUT2D eigenvalue weighted by Crippen LogP contribution is 2.21. The Morgan fingerprint density at radius 3 is 2.65 bits per heavy atom. The second-order valence-electron chi connectivity index (χ2n) is 4.43. The molecule has 0 fully saturated rings. The van der Waals surface area contributed by atoms with Gasteiger partial charge in [-0.05, 0) is 29.8 Å². The van der Waals surface area contributed by atoms with Crippen molar-refractivity contribution in [1.29, 1.82) is 0 Å². The molecule has 1 aromatic heterocycles. The minimum atomic E-state index is -0.352. The quantitative estimate of drug-likeness (QED) is 0.725. The first kappa shape index (κ1) is 12.3. The number of benzene rings is 2. The van der Waals surface area contributed by atoms with E-state index in [0.29, 0.717) is 17.1 Å². The van der Waals surface area contributed by atoms with Crippen molar-refractivity contribution >= 4 is 5.69 Å². The van der Waals surface area contributed by atoms with Gasteiger partial charge < -0.3 is 5.73 Å². The van der Waals surface area contributed by atoms with Crippen LogP contribution in [-0.4, -0.2) is 20.2 Å². The lowest BCUT2D eigenvalue weighted by atomic mass is 10.2. The number of anilines is 1. The monoisotopic (exact) mass is 269 g/mol. The molecule has 0 amide bonds. The zero-order valence-electron chi connectivity index (χ0n) is 10.8. The van der Waals surface area contributed by atoms with Gasteiger partial charge in [0.25, 0.3) is 0 Å². The normalized spacial score (nSPS) is 10.7. The van der Waals surface area contributed by atoms with Gasteiger partial charge in [-0.15, -0.1) is 15.0 Å². The molecule has 2 aromatic carbocycles. The number of aryl methyl sites for hydroxylation is 1. The molecule has 0 saturated heterocycles. The van der Waals surface area contributed by atoms with Gasteiger partial charge in [-0.2, -0.15) is 0 Å². The van der Waals surface area contributed by atoms with Crippen molar-refractivity contribution in [2.75, 3.05) is 5.73 Å². The fourth-order valence-corrected chi connectivity index (χ4v) is 1.87. The Kier molecular flexibility index (Phi) is 2.90. The highest BCUT2D eigenvalue weighted by molar-refractivity contribution is 5.59. The first-order valence-corrected chi connectivity index (χ1v) is 6.06. The summed E-state index contributed by atoms with van der Waals surface area (Å²) in [5.74, 6) is 0.140. The maximum absolute atomic E-state index is 13.4. The van der Waals surface area contributed by atoms with Crippen molar-refractivity contribution in [2.45, 2.75) is 6.92 Å². The number of nitrogens with two attached hydrogens (primary N) is 1. The topological polar surface area (TPSA) is 69.6 Å². The van der Waals surface area contributed by atoms with Crippen molar-refractivity contribution in [1.82, 2.24) is 20.2 Å². The number of nitrogens with zero attached hydrogens (tertiary/aromatic N) is 4. The van der Waals surface area contributed by atoms with Crippen LogP contribution < -0.4 is 5.73 Å². The third-order valence-electron chi connectivity index (χ3n) is 2.97. The van der Waals surface area contributed by atoms with E-state index in [0.717, 1.165) is 5.56 Å². The Bertz CT molecular complexity index is 752. The lowest BCUT2D eigenvalue weighted by molar-refractivity contribution is 0.617. The molecule has 0 unspecified atom stereocenters. The van der Waals surface area contributed by atoms with Crippen LogP contribution in [0.3, 0.4) is 0 Å². The van der Waals surface area contributed by atoms with Crippen LogP contribution in [0.4, 0.5) is 10.1 Å². The van der Waals surface area contributed by atoms with E-state index in [1.165, 1.54) is 10.9 Å². The van der Waals surface area contributed by atoms with E-state index in [9.17, 15) is 4.39 Å². The summed E-state index contributed by atoms with van der Waals surface area (Å²) in [4.78, 5) is 1.31. The van der Waals surface area contributed by atoms with Crippen LogP contribution in [0.25, 0.3) is 17.1 Å². The van der Waals surface area contributed by atoms with Crippen LogP contribution in [0.2, 0.25) is 0 Å². The average molecular weight is 269 g/mol. The van der Waals surface area contributed by atoms with Crippen LogP contribution in [0, 0.1) is 12.7 Å². The van der Waals surface area contributed by atoms with Crippen molar-refractivity contribution in [3.8, 4) is 17.1 Å². The molecule has 100 valence electrons. The number of aromatic nitrogens is 4. The molecule has 3 rings (SSSR count). The van der Waals surface area contributed by atoms with E-state index in [2.05, 4.69) is 15.4 Å². The van der Waals surface area contributed by atoms with Gasteiger partial charge in [-0.3, -0.25) is 0 Å². The summed E-state index contributed by atoms with van der Waals surface area (Å²) >= 11 is 0. The summed E-state index contributed by atoms with van der Waals surface area (Å²) in [5.41, 5.74) is 7.92. The van der Waals surface area contributed by atoms with Crippen LogP contribution in [0.15, 0.2) is 42.5 Å². The van der Waals surface area contributed by atoms with Crippen molar-refractivity contribution < 1.29 is 4.39 Å². The molecule has 0 bridgehead atoms. The van der Waals surface area contributed by atoms with Crippen molar-refractivity contribution in [2.24, 2.45) is 0 Å². The number of hydrogen-bond donors (Lipinski definition) is 1. The Labute approximate surface area is 114 Å². The fourth-order valence-electron chi connectivity index (χ4n) is 1.87. The summed E-state index contributed by atoms with van der Waals surface area (Å²) < 4.78 is 13.4. The van der Waals surface area contributed by atoms with Crippen molar-refractivity contribution in [3.63, 3.8) is 0 Å². The smallest absolute Gasteiger partial charge is 0.205 e. The van der Waals surface area contributed by atoms with Crippen LogP contribution in [0.1, 0.15) is 5.56 Å². The molecule has 1 heterocycles. The molecule has 0 aliphatic carbocycles. The fraction of sp³-hybridized carbons (Fsp3) is 0.0714. The average Bonchev–Trinajstić information content (AvgIpc) is 2.93. The molecule has 0 aliphatic rings. The Hall–Kier alpha value is -2.76. The lowest BCUT2D eigenvalue weighted by Gasteiger charge is -2.05. The summed E-state index contributed by atoms with van der Waals surface area (Å²) in [6.07, 6.45) is 0. The van der Waals surface area contributed by atoms with Gasteiger partial charge in [-0.25, -0.2) is 4.39 Å².